The van der Waals surface area contributed by atoms with Gasteiger partial charge in [-0.3, -0.25) is 9.59 Å². The van der Waals surface area contributed by atoms with Crippen molar-refractivity contribution in [1.82, 2.24) is 14.8 Å². The average Bonchev–Trinajstić information content (AvgIpc) is 3.29. The number of fused-ring (bicyclic) bond motifs is 3. The van der Waals surface area contributed by atoms with Crippen LogP contribution in [0.2, 0.25) is 0 Å². The van der Waals surface area contributed by atoms with Gasteiger partial charge in [-0.1, -0.05) is 15.9 Å². The fourth-order valence-corrected chi connectivity index (χ4v) is 5.99. The van der Waals surface area contributed by atoms with Crippen LogP contribution in [0.5, 0.6) is 0 Å². The number of carbonyl (C=O) groups excluding carboxylic acids is 2. The van der Waals surface area contributed by atoms with Gasteiger partial charge in [-0.2, -0.15) is 5.10 Å². The number of hydrogen-bond donors (Lipinski definition) is 0. The molecular weight excluding hydrogens is 460 g/mol. The molecule has 0 saturated carbocycles. The van der Waals surface area contributed by atoms with Crippen LogP contribution in [-0.4, -0.2) is 46.5 Å². The minimum Gasteiger partial charge on any atom is -0.268 e. The van der Waals surface area contributed by atoms with Crippen molar-refractivity contribution in [2.75, 3.05) is 16.4 Å². The van der Waals surface area contributed by atoms with Crippen molar-refractivity contribution in [1.29, 1.82) is 0 Å². The van der Waals surface area contributed by atoms with Crippen LogP contribution in [-0.2, 0) is 9.84 Å². The van der Waals surface area contributed by atoms with Gasteiger partial charge in [0.2, 0.25) is 0 Å². The number of benzene rings is 1. The van der Waals surface area contributed by atoms with Crippen LogP contribution >= 0.6 is 15.9 Å². The van der Waals surface area contributed by atoms with E-state index in [1.54, 1.807) is 35.9 Å². The molecule has 1 unspecified atom stereocenters. The Bertz CT molecular complexity index is 1310. The minimum absolute atomic E-state index is 0.000119. The molecule has 0 N–H and O–H groups in total. The van der Waals surface area contributed by atoms with E-state index < -0.39 is 21.7 Å². The molecule has 8 nitrogen and oxygen atoms in total. The standard InChI is InChI=1S/C19H15BrN4O4S/c1-10-15-16-14(18(25)23(19(16)26)12-4-2-11(20)3-5-12)8-21-17(15)24(22-10)13-6-7-29(27,28)9-13/h2-5,8,13H,6-7,9H2,1H3. The van der Waals surface area contributed by atoms with E-state index in [-0.39, 0.29) is 28.7 Å². The van der Waals surface area contributed by atoms with E-state index in [1.165, 1.54) is 6.20 Å². The first-order valence-electron chi connectivity index (χ1n) is 8.99. The molecule has 10 heteroatoms. The van der Waals surface area contributed by atoms with Gasteiger partial charge in [-0.15, -0.1) is 0 Å². The van der Waals surface area contributed by atoms with Crippen LogP contribution < -0.4 is 4.90 Å². The summed E-state index contributed by atoms with van der Waals surface area (Å²) in [7, 11) is -3.10. The predicted molar refractivity (Wildman–Crippen MR) is 110 cm³/mol. The number of pyridine rings is 1. The molecular formula is C19H15BrN4O4S. The van der Waals surface area contributed by atoms with E-state index in [9.17, 15) is 18.0 Å². The fourth-order valence-electron chi connectivity index (χ4n) is 4.03. The topological polar surface area (TPSA) is 102 Å². The molecule has 0 bridgehead atoms. The maximum atomic E-state index is 13.2. The van der Waals surface area contributed by atoms with E-state index in [1.807, 2.05) is 0 Å². The zero-order valence-corrected chi connectivity index (χ0v) is 17.7. The molecule has 2 amide bonds. The summed E-state index contributed by atoms with van der Waals surface area (Å²) in [5.74, 6) is -0.754. The molecule has 0 radical (unpaired) electrons. The Kier molecular flexibility index (Phi) is 3.94. The van der Waals surface area contributed by atoms with Gasteiger partial charge in [0.05, 0.1) is 45.4 Å². The summed E-state index contributed by atoms with van der Waals surface area (Å²) in [4.78, 5) is 31.7. The number of amides is 2. The van der Waals surface area contributed by atoms with Crippen LogP contribution in [0, 0.1) is 6.92 Å². The zero-order chi connectivity index (χ0) is 20.5. The van der Waals surface area contributed by atoms with Gasteiger partial charge in [-0.25, -0.2) is 23.0 Å². The number of nitrogens with zero attached hydrogens (tertiary/aromatic N) is 4. The number of hydrogen-bond acceptors (Lipinski definition) is 6. The van der Waals surface area contributed by atoms with Crippen molar-refractivity contribution >= 4 is 54.3 Å². The van der Waals surface area contributed by atoms with Crippen molar-refractivity contribution in [2.24, 2.45) is 0 Å². The smallest absolute Gasteiger partial charge is 0.267 e. The van der Waals surface area contributed by atoms with E-state index in [2.05, 4.69) is 26.0 Å². The second-order valence-corrected chi connectivity index (χ2v) is 10.4. The van der Waals surface area contributed by atoms with E-state index in [4.69, 9.17) is 0 Å². The van der Waals surface area contributed by atoms with Gasteiger partial charge in [0.25, 0.3) is 11.8 Å². The summed E-state index contributed by atoms with van der Waals surface area (Å²) in [6, 6.07) is 6.58. The zero-order valence-electron chi connectivity index (χ0n) is 15.3. The third-order valence-corrected chi connectivity index (χ3v) is 7.66. The Hall–Kier alpha value is -2.59. The van der Waals surface area contributed by atoms with Crippen LogP contribution in [0.3, 0.4) is 0 Å². The largest absolute Gasteiger partial charge is 0.268 e. The first-order valence-corrected chi connectivity index (χ1v) is 11.6. The van der Waals surface area contributed by atoms with Gasteiger partial charge in [-0.05, 0) is 37.6 Å². The molecule has 148 valence electrons. The second-order valence-electron chi connectivity index (χ2n) is 7.25. The third kappa shape index (κ3) is 2.73. The number of sulfone groups is 1. The average molecular weight is 475 g/mol. The molecule has 1 atom stereocenters. The Morgan fingerprint density at radius 3 is 2.52 bits per heavy atom. The molecule has 2 aromatic heterocycles. The lowest BCUT2D eigenvalue weighted by Crippen LogP contribution is -2.29. The Labute approximate surface area is 174 Å². The predicted octanol–water partition coefficient (Wildman–Crippen LogP) is 2.66. The number of imide groups is 1. The quantitative estimate of drug-likeness (QED) is 0.529. The second kappa shape index (κ2) is 6.20. The maximum absolute atomic E-state index is 13.2. The van der Waals surface area contributed by atoms with Crippen molar-refractivity contribution < 1.29 is 18.0 Å². The molecule has 29 heavy (non-hydrogen) atoms. The monoisotopic (exact) mass is 474 g/mol. The van der Waals surface area contributed by atoms with Gasteiger partial charge in [0.15, 0.2) is 15.5 Å². The summed E-state index contributed by atoms with van der Waals surface area (Å²) < 4.78 is 26.2. The molecule has 0 aliphatic carbocycles. The lowest BCUT2D eigenvalue weighted by Gasteiger charge is -2.13. The van der Waals surface area contributed by atoms with Crippen LogP contribution in [0.25, 0.3) is 11.0 Å². The molecule has 4 heterocycles. The highest BCUT2D eigenvalue weighted by atomic mass is 79.9. The molecule has 0 spiro atoms. The highest BCUT2D eigenvalue weighted by Gasteiger charge is 2.41. The molecule has 1 aromatic carbocycles. The molecule has 2 aliphatic rings. The number of aryl methyl sites for hydroxylation is 1. The van der Waals surface area contributed by atoms with Gasteiger partial charge >= 0.3 is 0 Å². The van der Waals surface area contributed by atoms with Crippen molar-refractivity contribution in [3.63, 3.8) is 0 Å². The van der Waals surface area contributed by atoms with Crippen LogP contribution in [0.4, 0.5) is 5.69 Å². The third-order valence-electron chi connectivity index (χ3n) is 5.38. The summed E-state index contributed by atoms with van der Waals surface area (Å²) in [5.41, 5.74) is 1.95. The maximum Gasteiger partial charge on any atom is 0.267 e. The SMILES string of the molecule is Cc1nn(C2CCS(=O)(=O)C2)c2ncc3c(c12)C(=O)N(c1ccc(Br)cc1)C3=O. The van der Waals surface area contributed by atoms with Gasteiger partial charge < -0.3 is 0 Å². The number of rotatable bonds is 2. The van der Waals surface area contributed by atoms with Crippen molar-refractivity contribution in [3.05, 3.63) is 51.8 Å². The molecule has 5 rings (SSSR count). The number of halogens is 1. The number of carbonyl (C=O) groups is 2. The van der Waals surface area contributed by atoms with Gasteiger partial charge in [0, 0.05) is 10.7 Å². The van der Waals surface area contributed by atoms with Crippen molar-refractivity contribution in [3.8, 4) is 0 Å². The molecule has 1 fully saturated rings. The first-order chi connectivity index (χ1) is 13.8. The van der Waals surface area contributed by atoms with Crippen LogP contribution in [0.1, 0.15) is 38.9 Å². The molecule has 3 aromatic rings. The van der Waals surface area contributed by atoms with Crippen LogP contribution in [0.15, 0.2) is 34.9 Å². The summed E-state index contributed by atoms with van der Waals surface area (Å²) >= 11 is 3.35. The molecule has 2 aliphatic heterocycles. The fraction of sp³-hybridized carbons (Fsp3) is 0.263. The minimum atomic E-state index is -3.10. The summed E-state index contributed by atoms with van der Waals surface area (Å²) in [6.07, 6.45) is 1.84. The Morgan fingerprint density at radius 1 is 1.14 bits per heavy atom. The Morgan fingerprint density at radius 2 is 1.86 bits per heavy atom. The Balaban J connectivity index is 1.66. The van der Waals surface area contributed by atoms with Crippen molar-refractivity contribution in [2.45, 2.75) is 19.4 Å². The lowest BCUT2D eigenvalue weighted by atomic mass is 10.1. The summed E-state index contributed by atoms with van der Waals surface area (Å²) in [5, 5.41) is 4.99. The molecule has 1 saturated heterocycles. The summed E-state index contributed by atoms with van der Waals surface area (Å²) in [6.45, 7) is 1.74. The first kappa shape index (κ1) is 18.4. The highest BCUT2D eigenvalue weighted by Crippen LogP contribution is 2.36. The van der Waals surface area contributed by atoms with E-state index in [0.29, 0.717) is 28.8 Å². The van der Waals surface area contributed by atoms with E-state index in [0.717, 1.165) is 9.37 Å². The number of aromatic nitrogens is 3. The van der Waals surface area contributed by atoms with Gasteiger partial charge in [0.1, 0.15) is 0 Å². The lowest BCUT2D eigenvalue weighted by molar-refractivity contribution is 0.0926. The highest BCUT2D eigenvalue weighted by molar-refractivity contribution is 9.10. The van der Waals surface area contributed by atoms with E-state index >= 15 is 0 Å². The normalized spacial score (nSPS) is 20.6. The number of anilines is 1.